The van der Waals surface area contributed by atoms with E-state index >= 15 is 0 Å². The standard InChI is InChI=1S/C76H148O17P2/c1-7-9-11-13-15-17-18-19-20-21-25-28-35-41-47-53-59-74(79)87-65-72(92-75(80)60-54-48-42-36-29-26-23-22-24-27-33-38-44-50-56-68(3)4)67-91-95(84,85)89-63-70(77)62-88-94(82,83)90-66-71(64-86-73(78)58-52-46-40-32-16-14-12-10-8-2)93-76(81)61-55-49-43-37-31-30-34-39-45-51-57-69(5)6/h68-72,77H,7-67H2,1-6H3,(H,82,83)(H,84,85)/t70-,71+,72+/m0/s1. The Morgan fingerprint density at radius 2 is 0.484 bits per heavy atom. The molecule has 0 saturated heterocycles. The SMILES string of the molecule is CCCCCCCCCCCCCCCCCCC(=O)OC[C@H](COP(=O)(O)OC[C@@H](O)COP(=O)(O)OC[C@@H](COC(=O)CCCCCCCCCCC)OC(=O)CCCCCCCCCCCCC(C)C)OC(=O)CCCCCCCCCCCCCCCCC(C)C. The predicted octanol–water partition coefficient (Wildman–Crippen LogP) is 22.3. The maximum Gasteiger partial charge on any atom is 0.472 e. The number of carbonyl (C=O) groups is 4. The van der Waals surface area contributed by atoms with Crippen molar-refractivity contribution in [3.8, 4) is 0 Å². The molecule has 19 heteroatoms. The van der Waals surface area contributed by atoms with Gasteiger partial charge in [0.05, 0.1) is 26.4 Å². The molecule has 0 aromatic rings. The summed E-state index contributed by atoms with van der Waals surface area (Å²) in [4.78, 5) is 72.8. The van der Waals surface area contributed by atoms with E-state index in [4.69, 9.17) is 37.0 Å². The quantitative estimate of drug-likeness (QED) is 0.0222. The highest BCUT2D eigenvalue weighted by Crippen LogP contribution is 2.45. The Kier molecular flexibility index (Phi) is 66.5. The molecule has 0 radical (unpaired) electrons. The number of aliphatic hydroxyl groups excluding tert-OH is 1. The summed E-state index contributed by atoms with van der Waals surface area (Å²) in [7, 11) is -9.91. The lowest BCUT2D eigenvalue weighted by Gasteiger charge is -2.21. The number of hydrogen-bond donors (Lipinski definition) is 3. The summed E-state index contributed by atoms with van der Waals surface area (Å²) in [6.07, 6.45) is 55.4. The maximum absolute atomic E-state index is 13.1. The molecule has 95 heavy (non-hydrogen) atoms. The summed E-state index contributed by atoms with van der Waals surface area (Å²) in [5.74, 6) is -0.568. The second kappa shape index (κ2) is 67.9. The van der Waals surface area contributed by atoms with Crippen LogP contribution in [0.15, 0.2) is 0 Å². The molecule has 564 valence electrons. The van der Waals surface area contributed by atoms with E-state index in [1.165, 1.54) is 212 Å². The number of carbonyl (C=O) groups excluding carboxylic acids is 4. The minimum absolute atomic E-state index is 0.106. The van der Waals surface area contributed by atoms with E-state index < -0.39 is 97.5 Å². The summed E-state index contributed by atoms with van der Waals surface area (Å²) in [5, 5.41) is 10.6. The zero-order chi connectivity index (χ0) is 70.0. The third-order valence-corrected chi connectivity index (χ3v) is 19.6. The van der Waals surface area contributed by atoms with Crippen LogP contribution in [-0.4, -0.2) is 96.7 Å². The van der Waals surface area contributed by atoms with E-state index in [0.29, 0.717) is 25.7 Å². The molecule has 5 atom stereocenters. The van der Waals surface area contributed by atoms with Crippen LogP contribution in [0.3, 0.4) is 0 Å². The topological polar surface area (TPSA) is 237 Å². The average molecular weight is 1400 g/mol. The molecule has 0 aliphatic carbocycles. The lowest BCUT2D eigenvalue weighted by Crippen LogP contribution is -2.30. The van der Waals surface area contributed by atoms with Gasteiger partial charge in [0.1, 0.15) is 19.3 Å². The van der Waals surface area contributed by atoms with E-state index in [1.54, 1.807) is 0 Å². The summed E-state index contributed by atoms with van der Waals surface area (Å²) in [5.41, 5.74) is 0. The Bertz CT molecular complexity index is 1840. The van der Waals surface area contributed by atoms with Gasteiger partial charge in [0.25, 0.3) is 0 Å². The number of ether oxygens (including phenoxy) is 4. The molecule has 0 rings (SSSR count). The fourth-order valence-electron chi connectivity index (χ4n) is 11.7. The number of rotatable bonds is 75. The largest absolute Gasteiger partial charge is 0.472 e. The van der Waals surface area contributed by atoms with Crippen LogP contribution >= 0.6 is 15.6 Å². The molecule has 0 aromatic carbocycles. The first-order valence-electron chi connectivity index (χ1n) is 39.5. The molecule has 0 amide bonds. The van der Waals surface area contributed by atoms with Crippen LogP contribution in [0.5, 0.6) is 0 Å². The first-order chi connectivity index (χ1) is 45.9. The highest BCUT2D eigenvalue weighted by atomic mass is 31.2. The molecular formula is C76H148O17P2. The monoisotopic (exact) mass is 1400 g/mol. The van der Waals surface area contributed by atoms with E-state index in [-0.39, 0.29) is 25.7 Å². The molecule has 17 nitrogen and oxygen atoms in total. The Morgan fingerprint density at radius 1 is 0.284 bits per heavy atom. The minimum Gasteiger partial charge on any atom is -0.462 e. The maximum atomic E-state index is 13.1. The van der Waals surface area contributed by atoms with Crippen LogP contribution < -0.4 is 0 Å². The molecule has 2 unspecified atom stereocenters. The number of aliphatic hydroxyl groups is 1. The number of phosphoric acid groups is 2. The minimum atomic E-state index is -4.96. The zero-order valence-corrected chi connectivity index (χ0v) is 63.8. The van der Waals surface area contributed by atoms with Crippen LogP contribution in [0, 0.1) is 11.8 Å². The van der Waals surface area contributed by atoms with Gasteiger partial charge in [-0.2, -0.15) is 0 Å². The third-order valence-electron chi connectivity index (χ3n) is 17.7. The Balaban J connectivity index is 5.23. The third kappa shape index (κ3) is 70.3. The van der Waals surface area contributed by atoms with Crippen molar-refractivity contribution in [1.29, 1.82) is 0 Å². The van der Waals surface area contributed by atoms with Gasteiger partial charge in [-0.1, -0.05) is 343 Å². The molecule has 0 aromatic heterocycles. The van der Waals surface area contributed by atoms with Crippen LogP contribution in [0.25, 0.3) is 0 Å². The highest BCUT2D eigenvalue weighted by Gasteiger charge is 2.30. The first kappa shape index (κ1) is 93.1. The van der Waals surface area contributed by atoms with Gasteiger partial charge in [0.2, 0.25) is 0 Å². The van der Waals surface area contributed by atoms with Gasteiger partial charge in [0.15, 0.2) is 12.2 Å². The first-order valence-corrected chi connectivity index (χ1v) is 42.5. The lowest BCUT2D eigenvalue weighted by molar-refractivity contribution is -0.161. The second-order valence-corrected chi connectivity index (χ2v) is 31.3. The average Bonchev–Trinajstić information content (AvgIpc) is 1.44. The summed E-state index contributed by atoms with van der Waals surface area (Å²) in [6.45, 7) is 9.60. The fraction of sp³-hybridized carbons (Fsp3) is 0.947. The summed E-state index contributed by atoms with van der Waals surface area (Å²) in [6, 6.07) is 0. The van der Waals surface area contributed by atoms with Gasteiger partial charge in [-0.05, 0) is 37.5 Å². The van der Waals surface area contributed by atoms with Crippen molar-refractivity contribution in [3.05, 3.63) is 0 Å². The van der Waals surface area contributed by atoms with Gasteiger partial charge >= 0.3 is 39.5 Å². The van der Waals surface area contributed by atoms with Gasteiger partial charge in [-0.3, -0.25) is 37.3 Å². The fourth-order valence-corrected chi connectivity index (χ4v) is 13.2. The van der Waals surface area contributed by atoms with Crippen LogP contribution in [-0.2, 0) is 65.4 Å². The zero-order valence-electron chi connectivity index (χ0n) is 62.0. The second-order valence-electron chi connectivity index (χ2n) is 28.3. The lowest BCUT2D eigenvalue weighted by atomic mass is 10.0. The molecule has 0 fully saturated rings. The van der Waals surface area contributed by atoms with Crippen molar-refractivity contribution >= 4 is 39.5 Å². The number of unbranched alkanes of at least 4 members (excludes halogenated alkanes) is 45. The highest BCUT2D eigenvalue weighted by molar-refractivity contribution is 7.47. The molecule has 0 saturated carbocycles. The molecular weight excluding hydrogens is 1250 g/mol. The van der Waals surface area contributed by atoms with E-state index in [9.17, 15) is 43.2 Å². The van der Waals surface area contributed by atoms with Crippen LogP contribution in [0.4, 0.5) is 0 Å². The van der Waals surface area contributed by atoms with Crippen molar-refractivity contribution in [1.82, 2.24) is 0 Å². The Morgan fingerprint density at radius 3 is 0.716 bits per heavy atom. The van der Waals surface area contributed by atoms with Gasteiger partial charge in [-0.25, -0.2) is 9.13 Å². The molecule has 0 heterocycles. The normalized spacial score (nSPS) is 14.0. The van der Waals surface area contributed by atoms with Crippen molar-refractivity contribution in [2.75, 3.05) is 39.6 Å². The van der Waals surface area contributed by atoms with Crippen molar-refractivity contribution in [2.45, 2.75) is 413 Å². The van der Waals surface area contributed by atoms with Crippen LogP contribution in [0.1, 0.15) is 395 Å². The van der Waals surface area contributed by atoms with E-state index in [0.717, 1.165) is 102 Å². The molecule has 0 bridgehead atoms. The summed E-state index contributed by atoms with van der Waals surface area (Å²) < 4.78 is 68.5. The molecule has 0 spiro atoms. The Hall–Kier alpha value is -1.94. The van der Waals surface area contributed by atoms with Crippen molar-refractivity contribution < 1.29 is 80.2 Å². The van der Waals surface area contributed by atoms with E-state index in [2.05, 4.69) is 41.5 Å². The van der Waals surface area contributed by atoms with E-state index in [1.807, 2.05) is 0 Å². The number of hydrogen-bond acceptors (Lipinski definition) is 15. The van der Waals surface area contributed by atoms with Gasteiger partial charge < -0.3 is 33.8 Å². The molecule has 0 aliphatic heterocycles. The van der Waals surface area contributed by atoms with Crippen molar-refractivity contribution in [3.63, 3.8) is 0 Å². The Labute approximate surface area is 581 Å². The van der Waals surface area contributed by atoms with Gasteiger partial charge in [-0.15, -0.1) is 0 Å². The van der Waals surface area contributed by atoms with Crippen LogP contribution in [0.2, 0.25) is 0 Å². The summed E-state index contributed by atoms with van der Waals surface area (Å²) >= 11 is 0. The predicted molar refractivity (Wildman–Crippen MR) is 386 cm³/mol. The van der Waals surface area contributed by atoms with Gasteiger partial charge in [0, 0.05) is 25.7 Å². The number of phosphoric ester groups is 2. The molecule has 3 N–H and O–H groups in total. The number of esters is 4. The smallest absolute Gasteiger partial charge is 0.462 e. The van der Waals surface area contributed by atoms with Crippen molar-refractivity contribution in [2.24, 2.45) is 11.8 Å². The molecule has 0 aliphatic rings.